The van der Waals surface area contributed by atoms with Gasteiger partial charge in [-0.25, -0.2) is 8.42 Å². The molecular weight excluding hydrogens is 318 g/mol. The van der Waals surface area contributed by atoms with Crippen LogP contribution in [0.15, 0.2) is 22.7 Å². The van der Waals surface area contributed by atoms with Crippen LogP contribution < -0.4 is 4.72 Å². The number of halogens is 1. The summed E-state index contributed by atoms with van der Waals surface area (Å²) in [5, 5.41) is -0.357. The highest BCUT2D eigenvalue weighted by Crippen LogP contribution is 2.24. The molecule has 1 saturated heterocycles. The smallest absolute Gasteiger partial charge is 0.235 e. The third-order valence-electron chi connectivity index (χ3n) is 3.06. The Morgan fingerprint density at radius 2 is 2.00 bits per heavy atom. The van der Waals surface area contributed by atoms with Crippen molar-refractivity contribution in [3.63, 3.8) is 0 Å². The number of hydrogen-bond acceptors (Lipinski definition) is 3. The van der Waals surface area contributed by atoms with Gasteiger partial charge in [0.05, 0.1) is 10.9 Å². The summed E-state index contributed by atoms with van der Waals surface area (Å²) in [6.07, 6.45) is 1.12. The molecular formula is C12H16BrNO3S. The van der Waals surface area contributed by atoms with Gasteiger partial charge >= 0.3 is 0 Å². The lowest BCUT2D eigenvalue weighted by Crippen LogP contribution is -2.33. The fourth-order valence-electron chi connectivity index (χ4n) is 1.93. The van der Waals surface area contributed by atoms with Crippen LogP contribution in [-0.4, -0.2) is 26.9 Å². The molecule has 18 heavy (non-hydrogen) atoms. The molecule has 100 valence electrons. The second kappa shape index (κ2) is 5.59. The van der Waals surface area contributed by atoms with Crippen LogP contribution in [0.1, 0.15) is 18.4 Å². The Kier molecular flexibility index (Phi) is 4.29. The van der Waals surface area contributed by atoms with Crippen LogP contribution in [0.5, 0.6) is 0 Å². The van der Waals surface area contributed by atoms with E-state index in [9.17, 15) is 8.42 Å². The Labute approximate surface area is 116 Å². The Morgan fingerprint density at radius 3 is 2.67 bits per heavy atom. The first-order valence-corrected chi connectivity index (χ1v) is 8.18. The van der Waals surface area contributed by atoms with Crippen molar-refractivity contribution in [1.29, 1.82) is 0 Å². The summed E-state index contributed by atoms with van der Waals surface area (Å²) in [6, 6.07) is 5.56. The Hall–Kier alpha value is -0.590. The van der Waals surface area contributed by atoms with Gasteiger partial charge in [0, 0.05) is 17.7 Å². The second-order valence-electron chi connectivity index (χ2n) is 4.42. The lowest BCUT2D eigenvalue weighted by Gasteiger charge is -2.23. The Balaban J connectivity index is 2.18. The van der Waals surface area contributed by atoms with Gasteiger partial charge in [-0.15, -0.1) is 0 Å². The highest BCUT2D eigenvalue weighted by atomic mass is 79.9. The molecule has 1 aliphatic rings. The number of hydrogen-bond donors (Lipinski definition) is 1. The van der Waals surface area contributed by atoms with E-state index < -0.39 is 10.0 Å². The van der Waals surface area contributed by atoms with Crippen LogP contribution in [0.2, 0.25) is 0 Å². The highest BCUT2D eigenvalue weighted by Gasteiger charge is 2.27. The number of benzene rings is 1. The van der Waals surface area contributed by atoms with E-state index in [1.54, 1.807) is 6.07 Å². The average Bonchev–Trinajstić information content (AvgIpc) is 2.35. The minimum Gasteiger partial charge on any atom is -0.381 e. The molecule has 2 rings (SSSR count). The van der Waals surface area contributed by atoms with Crippen molar-refractivity contribution in [2.45, 2.75) is 25.0 Å². The number of nitrogens with one attached hydrogen (secondary N) is 1. The molecule has 4 nitrogen and oxygen atoms in total. The normalized spacial score (nSPS) is 17.7. The molecule has 1 fully saturated rings. The molecule has 1 heterocycles. The van der Waals surface area contributed by atoms with Gasteiger partial charge in [0.15, 0.2) is 0 Å². The maximum atomic E-state index is 12.2. The molecule has 0 bridgehead atoms. The van der Waals surface area contributed by atoms with Gasteiger partial charge in [-0.2, -0.15) is 0 Å². The van der Waals surface area contributed by atoms with Gasteiger partial charge in [0.2, 0.25) is 10.0 Å². The lowest BCUT2D eigenvalue weighted by molar-refractivity contribution is 0.0984. The maximum Gasteiger partial charge on any atom is 0.235 e. The van der Waals surface area contributed by atoms with E-state index in [1.165, 1.54) is 0 Å². The van der Waals surface area contributed by atoms with Crippen molar-refractivity contribution in [3.05, 3.63) is 28.2 Å². The number of anilines is 1. The van der Waals surface area contributed by atoms with Crippen LogP contribution in [0.3, 0.4) is 0 Å². The summed E-state index contributed by atoms with van der Waals surface area (Å²) >= 11 is 3.35. The first kappa shape index (κ1) is 13.8. The van der Waals surface area contributed by atoms with Gasteiger partial charge in [-0.1, -0.05) is 22.0 Å². The topological polar surface area (TPSA) is 55.4 Å². The summed E-state index contributed by atoms with van der Waals surface area (Å²) in [7, 11) is -3.33. The van der Waals surface area contributed by atoms with Crippen LogP contribution in [0.4, 0.5) is 5.69 Å². The minimum absolute atomic E-state index is 0.357. The summed E-state index contributed by atoms with van der Waals surface area (Å²) in [6.45, 7) is 2.92. The number of aryl methyl sites for hydroxylation is 1. The third-order valence-corrected chi connectivity index (χ3v) is 5.41. The van der Waals surface area contributed by atoms with Crippen molar-refractivity contribution < 1.29 is 13.2 Å². The Morgan fingerprint density at radius 1 is 1.33 bits per heavy atom. The predicted molar refractivity (Wildman–Crippen MR) is 75.3 cm³/mol. The zero-order valence-electron chi connectivity index (χ0n) is 10.1. The molecule has 1 N–H and O–H groups in total. The number of sulfonamides is 1. The average molecular weight is 334 g/mol. The fraction of sp³-hybridized carbons (Fsp3) is 0.500. The first-order chi connectivity index (χ1) is 8.49. The largest absolute Gasteiger partial charge is 0.381 e. The molecule has 0 aliphatic carbocycles. The number of rotatable bonds is 3. The van der Waals surface area contributed by atoms with Gasteiger partial charge in [-0.05, 0) is 37.5 Å². The van der Waals surface area contributed by atoms with Gasteiger partial charge < -0.3 is 4.74 Å². The first-order valence-electron chi connectivity index (χ1n) is 5.84. The van der Waals surface area contributed by atoms with Crippen LogP contribution >= 0.6 is 15.9 Å². The molecule has 0 amide bonds. The summed E-state index contributed by atoms with van der Waals surface area (Å²) in [5.41, 5.74) is 1.55. The molecule has 0 unspecified atom stereocenters. The zero-order chi connectivity index (χ0) is 13.2. The van der Waals surface area contributed by atoms with E-state index in [-0.39, 0.29) is 5.25 Å². The molecule has 0 aromatic heterocycles. The SMILES string of the molecule is Cc1ccc(Br)cc1NS(=O)(=O)C1CCOCC1. The maximum absolute atomic E-state index is 12.2. The van der Waals surface area contributed by atoms with Crippen molar-refractivity contribution in [2.24, 2.45) is 0 Å². The van der Waals surface area contributed by atoms with Crippen molar-refractivity contribution in [3.8, 4) is 0 Å². The van der Waals surface area contributed by atoms with Crippen molar-refractivity contribution in [1.82, 2.24) is 0 Å². The molecule has 0 radical (unpaired) electrons. The van der Waals surface area contributed by atoms with E-state index >= 15 is 0 Å². The van der Waals surface area contributed by atoms with Crippen molar-refractivity contribution in [2.75, 3.05) is 17.9 Å². The third kappa shape index (κ3) is 3.24. The second-order valence-corrected chi connectivity index (χ2v) is 7.29. The molecule has 0 saturated carbocycles. The van der Waals surface area contributed by atoms with E-state index in [0.29, 0.717) is 31.7 Å². The minimum atomic E-state index is -3.33. The molecule has 1 aromatic carbocycles. The fourth-order valence-corrected chi connectivity index (χ4v) is 3.79. The molecule has 1 aliphatic heterocycles. The molecule has 1 aromatic rings. The van der Waals surface area contributed by atoms with E-state index in [0.717, 1.165) is 10.0 Å². The van der Waals surface area contributed by atoms with Crippen LogP contribution in [-0.2, 0) is 14.8 Å². The summed E-state index contributed by atoms with van der Waals surface area (Å²) < 4.78 is 33.2. The summed E-state index contributed by atoms with van der Waals surface area (Å²) in [4.78, 5) is 0. The molecule has 0 atom stereocenters. The number of ether oxygens (including phenoxy) is 1. The molecule has 6 heteroatoms. The van der Waals surface area contributed by atoms with E-state index in [1.807, 2.05) is 19.1 Å². The monoisotopic (exact) mass is 333 g/mol. The molecule has 0 spiro atoms. The van der Waals surface area contributed by atoms with Crippen LogP contribution in [0.25, 0.3) is 0 Å². The summed E-state index contributed by atoms with van der Waals surface area (Å²) in [5.74, 6) is 0. The van der Waals surface area contributed by atoms with Gasteiger partial charge in [0.1, 0.15) is 0 Å². The zero-order valence-corrected chi connectivity index (χ0v) is 12.6. The Bertz CT molecular complexity index is 524. The van der Waals surface area contributed by atoms with Gasteiger partial charge in [0.25, 0.3) is 0 Å². The van der Waals surface area contributed by atoms with Gasteiger partial charge in [-0.3, -0.25) is 4.72 Å². The van der Waals surface area contributed by atoms with E-state index in [4.69, 9.17) is 4.74 Å². The van der Waals surface area contributed by atoms with Crippen molar-refractivity contribution >= 4 is 31.6 Å². The highest BCUT2D eigenvalue weighted by molar-refractivity contribution is 9.10. The lowest BCUT2D eigenvalue weighted by atomic mass is 10.2. The standard InChI is InChI=1S/C12H16BrNO3S/c1-9-2-3-10(13)8-12(9)14-18(15,16)11-4-6-17-7-5-11/h2-3,8,11,14H,4-7H2,1H3. The van der Waals surface area contributed by atoms with E-state index in [2.05, 4.69) is 20.7 Å². The van der Waals surface area contributed by atoms with Crippen LogP contribution in [0, 0.1) is 6.92 Å². The quantitative estimate of drug-likeness (QED) is 0.925. The predicted octanol–water partition coefficient (Wildman–Crippen LogP) is 2.68.